The first-order valence-electron chi connectivity index (χ1n) is 29.9. The third kappa shape index (κ3) is 55.0. The number of hydrogen-bond acceptors (Lipinski definition) is 5. The third-order valence-electron chi connectivity index (χ3n) is 13.5. The molecule has 0 aromatic heterocycles. The van der Waals surface area contributed by atoms with E-state index < -0.39 is 6.10 Å². The van der Waals surface area contributed by atoms with Crippen LogP contribution in [0.2, 0.25) is 0 Å². The zero-order valence-electron chi connectivity index (χ0n) is 45.0. The Balaban J connectivity index is 4.20. The molecule has 0 bridgehead atoms. The summed E-state index contributed by atoms with van der Waals surface area (Å²) in [6.45, 7) is 7.88. The van der Waals surface area contributed by atoms with Gasteiger partial charge in [0.25, 0.3) is 0 Å². The largest absolute Gasteiger partial charge is 0.462 e. The van der Waals surface area contributed by atoms with Gasteiger partial charge >= 0.3 is 11.9 Å². The van der Waals surface area contributed by atoms with E-state index in [1.165, 1.54) is 250 Å². The molecule has 5 heteroatoms. The van der Waals surface area contributed by atoms with Gasteiger partial charge in [0.2, 0.25) is 0 Å². The van der Waals surface area contributed by atoms with Crippen LogP contribution in [-0.4, -0.2) is 37.9 Å². The molecule has 0 aromatic rings. The predicted octanol–water partition coefficient (Wildman–Crippen LogP) is 20.4. The van der Waals surface area contributed by atoms with Crippen molar-refractivity contribution in [1.82, 2.24) is 0 Å². The molecule has 0 fully saturated rings. The lowest BCUT2D eigenvalue weighted by Gasteiger charge is -2.18. The molecule has 390 valence electrons. The van der Waals surface area contributed by atoms with Crippen molar-refractivity contribution in [2.45, 2.75) is 335 Å². The quantitative estimate of drug-likeness (QED) is 0.0345. The maximum Gasteiger partial charge on any atom is 0.306 e. The second kappa shape index (κ2) is 57.7. The lowest BCUT2D eigenvalue weighted by Crippen LogP contribution is -2.30. The van der Waals surface area contributed by atoms with E-state index in [1.54, 1.807) is 0 Å². The van der Waals surface area contributed by atoms with E-state index in [-0.39, 0.29) is 18.5 Å². The molecule has 1 unspecified atom stereocenters. The minimum atomic E-state index is -0.533. The van der Waals surface area contributed by atoms with Gasteiger partial charge in [-0.2, -0.15) is 0 Å². The number of hydrogen-bond donors (Lipinski definition) is 0. The molecular weight excluding hydrogens is 813 g/mol. The number of carbonyl (C=O) groups excluding carboxylic acids is 2. The molecule has 0 aliphatic rings. The SMILES string of the molecule is CCCCC/C=C\C/C=C\CCCCCCCCCC(=O)OC(COCCCCCCCCCCCCCCCC)COC(=O)CCCCCCCCCCCCCCCCCCCCC. The van der Waals surface area contributed by atoms with E-state index in [0.717, 1.165) is 44.9 Å². The molecule has 0 heterocycles. The zero-order chi connectivity index (χ0) is 47.7. The fraction of sp³-hybridized carbons (Fsp3) is 0.902. The summed E-state index contributed by atoms with van der Waals surface area (Å²) in [4.78, 5) is 25.5. The van der Waals surface area contributed by atoms with E-state index in [0.29, 0.717) is 26.1 Å². The Labute approximate surface area is 413 Å². The lowest BCUT2D eigenvalue weighted by molar-refractivity contribution is -0.163. The molecule has 0 radical (unpaired) electrons. The van der Waals surface area contributed by atoms with Crippen molar-refractivity contribution in [3.05, 3.63) is 24.3 Å². The van der Waals surface area contributed by atoms with Crippen LogP contribution >= 0.6 is 0 Å². The van der Waals surface area contributed by atoms with Crippen LogP contribution in [0.15, 0.2) is 24.3 Å². The van der Waals surface area contributed by atoms with Crippen LogP contribution < -0.4 is 0 Å². The van der Waals surface area contributed by atoms with Gasteiger partial charge in [-0.3, -0.25) is 9.59 Å². The molecule has 0 saturated heterocycles. The average Bonchev–Trinajstić information content (AvgIpc) is 3.32. The number of allylic oxidation sites excluding steroid dienone is 4. The fourth-order valence-electron chi connectivity index (χ4n) is 9.01. The number of esters is 2. The highest BCUT2D eigenvalue weighted by Crippen LogP contribution is 2.17. The Kier molecular flexibility index (Phi) is 56.3. The van der Waals surface area contributed by atoms with E-state index >= 15 is 0 Å². The van der Waals surface area contributed by atoms with Gasteiger partial charge in [-0.25, -0.2) is 0 Å². The molecule has 0 aromatic carbocycles. The first kappa shape index (κ1) is 64.4. The van der Waals surface area contributed by atoms with Gasteiger partial charge in [0.05, 0.1) is 6.61 Å². The first-order valence-corrected chi connectivity index (χ1v) is 29.9. The second-order valence-electron chi connectivity index (χ2n) is 20.3. The average molecular weight is 930 g/mol. The van der Waals surface area contributed by atoms with Crippen molar-refractivity contribution in [3.63, 3.8) is 0 Å². The highest BCUT2D eigenvalue weighted by molar-refractivity contribution is 5.70. The van der Waals surface area contributed by atoms with Crippen LogP contribution in [0.4, 0.5) is 0 Å². The second-order valence-corrected chi connectivity index (χ2v) is 20.3. The molecule has 0 amide bonds. The number of unbranched alkanes of at least 4 members (excludes halogenated alkanes) is 41. The smallest absolute Gasteiger partial charge is 0.306 e. The third-order valence-corrected chi connectivity index (χ3v) is 13.5. The number of carbonyl (C=O) groups is 2. The maximum atomic E-state index is 12.9. The van der Waals surface area contributed by atoms with Crippen molar-refractivity contribution in [1.29, 1.82) is 0 Å². The first-order chi connectivity index (χ1) is 32.6. The van der Waals surface area contributed by atoms with Gasteiger partial charge < -0.3 is 14.2 Å². The lowest BCUT2D eigenvalue weighted by atomic mass is 10.0. The van der Waals surface area contributed by atoms with Crippen LogP contribution in [0.5, 0.6) is 0 Å². The van der Waals surface area contributed by atoms with Crippen molar-refractivity contribution in [3.8, 4) is 0 Å². The summed E-state index contributed by atoms with van der Waals surface area (Å²) >= 11 is 0. The summed E-state index contributed by atoms with van der Waals surface area (Å²) in [5.74, 6) is -0.381. The molecule has 0 saturated carbocycles. The van der Waals surface area contributed by atoms with Crippen LogP contribution in [0, 0.1) is 0 Å². The molecule has 1 atom stereocenters. The highest BCUT2D eigenvalue weighted by atomic mass is 16.6. The predicted molar refractivity (Wildman–Crippen MR) is 289 cm³/mol. The molecule has 0 aliphatic carbocycles. The Bertz CT molecular complexity index is 1010. The fourth-order valence-corrected chi connectivity index (χ4v) is 9.01. The van der Waals surface area contributed by atoms with Gasteiger partial charge in [-0.05, 0) is 51.4 Å². The van der Waals surface area contributed by atoms with Gasteiger partial charge in [-0.1, -0.05) is 289 Å². The van der Waals surface area contributed by atoms with Gasteiger partial charge in [-0.15, -0.1) is 0 Å². The van der Waals surface area contributed by atoms with Crippen molar-refractivity contribution in [2.24, 2.45) is 0 Å². The van der Waals surface area contributed by atoms with Gasteiger partial charge in [0.15, 0.2) is 6.10 Å². The minimum absolute atomic E-state index is 0.0906. The Morgan fingerprint density at radius 2 is 0.636 bits per heavy atom. The molecule has 0 aliphatic heterocycles. The Hall–Kier alpha value is -1.62. The van der Waals surface area contributed by atoms with E-state index in [9.17, 15) is 9.59 Å². The van der Waals surface area contributed by atoms with Gasteiger partial charge in [0, 0.05) is 19.4 Å². The number of rotatable bonds is 56. The Morgan fingerprint density at radius 3 is 1.03 bits per heavy atom. The minimum Gasteiger partial charge on any atom is -0.462 e. The number of ether oxygens (including phenoxy) is 3. The zero-order valence-corrected chi connectivity index (χ0v) is 45.0. The molecule has 66 heavy (non-hydrogen) atoms. The monoisotopic (exact) mass is 929 g/mol. The van der Waals surface area contributed by atoms with E-state index in [2.05, 4.69) is 45.1 Å². The highest BCUT2D eigenvalue weighted by Gasteiger charge is 2.17. The Morgan fingerprint density at radius 1 is 0.333 bits per heavy atom. The summed E-state index contributed by atoms with van der Waals surface area (Å²) in [6.07, 6.45) is 69.1. The summed E-state index contributed by atoms with van der Waals surface area (Å²) in [6, 6.07) is 0. The summed E-state index contributed by atoms with van der Waals surface area (Å²) in [5.41, 5.74) is 0. The van der Waals surface area contributed by atoms with Crippen molar-refractivity contribution in [2.75, 3.05) is 19.8 Å². The maximum absolute atomic E-state index is 12.9. The standard InChI is InChI=1S/C61H116O5/c1-4-7-10-13-16-19-22-25-28-30-31-33-34-36-39-42-45-48-51-54-60(62)65-58-59(57-64-56-53-50-47-44-41-38-27-24-21-18-15-12-9-6-3)66-61(63)55-52-49-46-43-40-37-35-32-29-26-23-20-17-14-11-8-5-2/h17,20,26,29,59H,4-16,18-19,21-25,27-28,30-58H2,1-3H3/b20-17-,29-26-. The molecule has 0 rings (SSSR count). The summed E-state index contributed by atoms with van der Waals surface area (Å²) in [5, 5.41) is 0. The van der Waals surface area contributed by atoms with Crippen molar-refractivity contribution >= 4 is 11.9 Å². The van der Waals surface area contributed by atoms with E-state index in [4.69, 9.17) is 14.2 Å². The van der Waals surface area contributed by atoms with Crippen LogP contribution in [0.25, 0.3) is 0 Å². The topological polar surface area (TPSA) is 61.8 Å². The molecule has 5 nitrogen and oxygen atoms in total. The summed E-state index contributed by atoms with van der Waals surface area (Å²) < 4.78 is 17.5. The molecule has 0 spiro atoms. The van der Waals surface area contributed by atoms with Crippen LogP contribution in [0.3, 0.4) is 0 Å². The molecule has 0 N–H and O–H groups in total. The van der Waals surface area contributed by atoms with Crippen molar-refractivity contribution < 1.29 is 23.8 Å². The molecular formula is C61H116O5. The van der Waals surface area contributed by atoms with E-state index in [1.807, 2.05) is 0 Å². The van der Waals surface area contributed by atoms with Gasteiger partial charge in [0.1, 0.15) is 6.61 Å². The van der Waals surface area contributed by atoms with Crippen LogP contribution in [0.1, 0.15) is 329 Å². The summed E-state index contributed by atoms with van der Waals surface area (Å²) in [7, 11) is 0. The van der Waals surface area contributed by atoms with Crippen LogP contribution in [-0.2, 0) is 23.8 Å². The normalized spacial score (nSPS) is 12.2.